The summed E-state index contributed by atoms with van der Waals surface area (Å²) in [6.07, 6.45) is 6.68. The zero-order valence-electron chi connectivity index (χ0n) is 8.80. The van der Waals surface area contributed by atoms with Crippen LogP contribution in [0.25, 0.3) is 0 Å². The van der Waals surface area contributed by atoms with Crippen molar-refractivity contribution in [2.24, 2.45) is 11.8 Å². The van der Waals surface area contributed by atoms with Crippen LogP contribution in [0.15, 0.2) is 24.5 Å². The van der Waals surface area contributed by atoms with Gasteiger partial charge in [-0.15, -0.1) is 12.4 Å². The lowest BCUT2D eigenvalue weighted by atomic mass is 9.57. The first-order valence-electron chi connectivity index (χ1n) is 5.37. The lowest BCUT2D eigenvalue weighted by molar-refractivity contribution is -0.150. The Bertz CT molecular complexity index is 405. The number of aromatic nitrogens is 1. The molecule has 0 saturated heterocycles. The first-order valence-corrected chi connectivity index (χ1v) is 5.37. The second-order valence-corrected chi connectivity index (χ2v) is 4.72. The monoisotopic (exact) mass is 239 g/mol. The van der Waals surface area contributed by atoms with Crippen LogP contribution >= 0.6 is 12.4 Å². The quantitative estimate of drug-likeness (QED) is 0.861. The molecule has 1 aromatic rings. The third-order valence-electron chi connectivity index (χ3n) is 4.16. The smallest absolute Gasteiger partial charge is 0.307 e. The van der Waals surface area contributed by atoms with Gasteiger partial charge in [0.1, 0.15) is 0 Å². The summed E-state index contributed by atoms with van der Waals surface area (Å²) in [5, 5.41) is 9.22. The van der Waals surface area contributed by atoms with Gasteiger partial charge in [-0.25, -0.2) is 0 Å². The highest BCUT2D eigenvalue weighted by Gasteiger charge is 2.63. The molecule has 0 radical (unpaired) electrons. The van der Waals surface area contributed by atoms with E-state index in [1.54, 1.807) is 6.20 Å². The minimum Gasteiger partial charge on any atom is -0.481 e. The molecule has 4 rings (SSSR count). The summed E-state index contributed by atoms with van der Waals surface area (Å²) in [5.41, 5.74) is 1.02. The van der Waals surface area contributed by atoms with E-state index in [9.17, 15) is 9.90 Å². The van der Waals surface area contributed by atoms with Gasteiger partial charge in [0.2, 0.25) is 0 Å². The Morgan fingerprint density at radius 1 is 1.56 bits per heavy atom. The van der Waals surface area contributed by atoms with E-state index < -0.39 is 5.97 Å². The van der Waals surface area contributed by atoms with Gasteiger partial charge in [-0.05, 0) is 36.8 Å². The molecular formula is C12H14ClNO2. The molecular weight excluding hydrogens is 226 g/mol. The van der Waals surface area contributed by atoms with Gasteiger partial charge in [0.25, 0.3) is 0 Å². The van der Waals surface area contributed by atoms with Crippen molar-refractivity contribution in [1.29, 1.82) is 0 Å². The van der Waals surface area contributed by atoms with Crippen LogP contribution < -0.4 is 0 Å². The molecule has 4 heteroatoms. The third-order valence-corrected chi connectivity index (χ3v) is 4.16. The Hall–Kier alpha value is -1.09. The highest BCUT2D eigenvalue weighted by molar-refractivity contribution is 5.85. The lowest BCUT2D eigenvalue weighted by Crippen LogP contribution is -2.48. The molecule has 1 aromatic heterocycles. The molecule has 1 N–H and O–H groups in total. The Morgan fingerprint density at radius 2 is 2.38 bits per heavy atom. The number of rotatable bonds is 2. The molecule has 86 valence electrons. The first kappa shape index (κ1) is 11.4. The minimum absolute atomic E-state index is 0. The molecule has 3 fully saturated rings. The molecule has 2 bridgehead atoms. The van der Waals surface area contributed by atoms with Crippen LogP contribution in [0, 0.1) is 11.8 Å². The van der Waals surface area contributed by atoms with E-state index in [0.29, 0.717) is 5.92 Å². The molecule has 3 aliphatic carbocycles. The number of nitrogens with zero attached hydrogens (tertiary/aromatic N) is 1. The number of halogens is 1. The van der Waals surface area contributed by atoms with Crippen LogP contribution in [-0.2, 0) is 10.2 Å². The molecule has 3 nitrogen and oxygen atoms in total. The fourth-order valence-corrected chi connectivity index (χ4v) is 3.51. The van der Waals surface area contributed by atoms with E-state index in [1.165, 1.54) is 0 Å². The van der Waals surface area contributed by atoms with Crippen molar-refractivity contribution in [2.75, 3.05) is 0 Å². The zero-order chi connectivity index (χ0) is 10.5. The van der Waals surface area contributed by atoms with Gasteiger partial charge in [0.05, 0.1) is 5.92 Å². The normalized spacial score (nSPS) is 35.0. The number of hydrogen-bond donors (Lipinski definition) is 1. The summed E-state index contributed by atoms with van der Waals surface area (Å²) >= 11 is 0. The third kappa shape index (κ3) is 1.27. The minimum atomic E-state index is -0.632. The lowest BCUT2D eigenvalue weighted by Gasteiger charge is -2.45. The highest BCUT2D eigenvalue weighted by Crippen LogP contribution is 2.63. The van der Waals surface area contributed by atoms with Crippen LogP contribution in [0.2, 0.25) is 0 Å². The maximum atomic E-state index is 11.2. The van der Waals surface area contributed by atoms with Crippen LogP contribution in [-0.4, -0.2) is 16.1 Å². The molecule has 0 aliphatic heterocycles. The Balaban J connectivity index is 0.000000963. The number of aliphatic carboxylic acids is 1. The molecule has 3 saturated carbocycles. The molecule has 0 spiro atoms. The highest BCUT2D eigenvalue weighted by atomic mass is 35.5. The van der Waals surface area contributed by atoms with E-state index >= 15 is 0 Å². The average molecular weight is 240 g/mol. The maximum absolute atomic E-state index is 11.2. The molecule has 0 aromatic carbocycles. The van der Waals surface area contributed by atoms with E-state index in [-0.39, 0.29) is 23.7 Å². The van der Waals surface area contributed by atoms with E-state index in [0.717, 1.165) is 24.8 Å². The van der Waals surface area contributed by atoms with E-state index in [2.05, 4.69) is 4.98 Å². The topological polar surface area (TPSA) is 50.2 Å². The molecule has 0 amide bonds. The van der Waals surface area contributed by atoms with E-state index in [4.69, 9.17) is 0 Å². The van der Waals surface area contributed by atoms with Crippen LogP contribution in [0.4, 0.5) is 0 Å². The van der Waals surface area contributed by atoms with Gasteiger partial charge in [0, 0.05) is 17.8 Å². The van der Waals surface area contributed by atoms with Gasteiger partial charge in [0.15, 0.2) is 0 Å². The SMILES string of the molecule is Cl.O=C(O)C1C2CCC1(c1cccnc1)C2. The molecule has 3 unspecified atom stereocenters. The summed E-state index contributed by atoms with van der Waals surface area (Å²) in [7, 11) is 0. The standard InChI is InChI=1S/C12H13NO2.ClH/c14-11(15)10-8-3-4-12(10,6-8)9-2-1-5-13-7-9;/h1-2,5,7-8,10H,3-4,6H2,(H,14,15);1H. The molecule has 16 heavy (non-hydrogen) atoms. The number of pyridine rings is 1. The average Bonchev–Trinajstić information content (AvgIpc) is 2.76. The predicted octanol–water partition coefficient (Wildman–Crippen LogP) is 2.26. The zero-order valence-corrected chi connectivity index (χ0v) is 9.61. The first-order chi connectivity index (χ1) is 7.24. The van der Waals surface area contributed by atoms with Crippen molar-refractivity contribution in [3.8, 4) is 0 Å². The summed E-state index contributed by atoms with van der Waals surface area (Å²) in [4.78, 5) is 15.3. The summed E-state index contributed by atoms with van der Waals surface area (Å²) in [6, 6.07) is 3.92. The van der Waals surface area contributed by atoms with Crippen molar-refractivity contribution in [2.45, 2.75) is 24.7 Å². The Morgan fingerprint density at radius 3 is 2.94 bits per heavy atom. The van der Waals surface area contributed by atoms with E-state index in [1.807, 2.05) is 18.3 Å². The second-order valence-electron chi connectivity index (χ2n) is 4.72. The van der Waals surface area contributed by atoms with Gasteiger partial charge in [-0.2, -0.15) is 0 Å². The number of fused-ring (bicyclic) bond motifs is 1. The summed E-state index contributed by atoms with van der Waals surface area (Å²) in [5.74, 6) is -0.392. The number of hydrogen-bond acceptors (Lipinski definition) is 2. The second kappa shape index (κ2) is 3.74. The predicted molar refractivity (Wildman–Crippen MR) is 61.6 cm³/mol. The molecule has 3 aliphatic rings. The fraction of sp³-hybridized carbons (Fsp3) is 0.500. The van der Waals surface area contributed by atoms with Gasteiger partial charge >= 0.3 is 5.97 Å². The molecule has 1 heterocycles. The number of carbonyl (C=O) groups is 1. The Labute approximate surface area is 100 Å². The Kier molecular flexibility index (Phi) is 2.66. The van der Waals surface area contributed by atoms with Crippen LogP contribution in [0.1, 0.15) is 24.8 Å². The van der Waals surface area contributed by atoms with Crippen molar-refractivity contribution in [3.63, 3.8) is 0 Å². The van der Waals surface area contributed by atoms with Gasteiger partial charge < -0.3 is 5.11 Å². The number of carboxylic acid groups (broad SMARTS) is 1. The van der Waals surface area contributed by atoms with Gasteiger partial charge in [-0.3, -0.25) is 9.78 Å². The van der Waals surface area contributed by atoms with Crippen molar-refractivity contribution >= 4 is 18.4 Å². The van der Waals surface area contributed by atoms with Crippen LogP contribution in [0.5, 0.6) is 0 Å². The molecule has 3 atom stereocenters. The summed E-state index contributed by atoms with van der Waals surface area (Å²) in [6.45, 7) is 0. The van der Waals surface area contributed by atoms with Crippen molar-refractivity contribution in [3.05, 3.63) is 30.1 Å². The van der Waals surface area contributed by atoms with Gasteiger partial charge in [-0.1, -0.05) is 6.07 Å². The largest absolute Gasteiger partial charge is 0.481 e. The fourth-order valence-electron chi connectivity index (χ4n) is 3.51. The maximum Gasteiger partial charge on any atom is 0.307 e. The number of carboxylic acids is 1. The van der Waals surface area contributed by atoms with Crippen molar-refractivity contribution in [1.82, 2.24) is 4.98 Å². The summed E-state index contributed by atoms with van der Waals surface area (Å²) < 4.78 is 0. The van der Waals surface area contributed by atoms with Crippen molar-refractivity contribution < 1.29 is 9.90 Å². The van der Waals surface area contributed by atoms with Crippen LogP contribution in [0.3, 0.4) is 0 Å².